The number of esters is 1. The van der Waals surface area contributed by atoms with Crippen molar-refractivity contribution in [2.75, 3.05) is 51.8 Å². The summed E-state index contributed by atoms with van der Waals surface area (Å²) in [6.45, 7) is 3.89. The molecule has 2 aromatic rings. The summed E-state index contributed by atoms with van der Waals surface area (Å²) >= 11 is 0. The van der Waals surface area contributed by atoms with Crippen LogP contribution in [0.1, 0.15) is 61.3 Å². The van der Waals surface area contributed by atoms with Gasteiger partial charge in [-0.05, 0) is 74.3 Å². The number of fused-ring (bicyclic) bond motifs is 1. The van der Waals surface area contributed by atoms with Crippen molar-refractivity contribution in [1.29, 1.82) is 0 Å². The number of aryl methyl sites for hydroxylation is 2. The molecule has 3 atom stereocenters. The monoisotopic (exact) mass is 525 g/mol. The first-order valence-corrected chi connectivity index (χ1v) is 14.0. The van der Waals surface area contributed by atoms with Gasteiger partial charge in [0.2, 0.25) is 0 Å². The summed E-state index contributed by atoms with van der Waals surface area (Å²) in [5, 5.41) is 3.36. The van der Waals surface area contributed by atoms with Gasteiger partial charge in [0.1, 0.15) is 23.8 Å². The highest BCUT2D eigenvalue weighted by molar-refractivity contribution is 5.70. The molecule has 0 aliphatic carbocycles. The number of halogens is 1. The van der Waals surface area contributed by atoms with Gasteiger partial charge >= 0.3 is 5.97 Å². The fourth-order valence-corrected chi connectivity index (χ4v) is 5.84. The number of carbonyl (C=O) groups excluding carboxylic acids is 1. The molecule has 2 saturated heterocycles. The number of nitrogens with zero attached hydrogens (tertiary/aromatic N) is 2. The van der Waals surface area contributed by atoms with Crippen LogP contribution in [0.25, 0.3) is 0 Å². The smallest absolute Gasteiger partial charge is 0.306 e. The van der Waals surface area contributed by atoms with E-state index in [1.807, 2.05) is 30.3 Å². The standard InChI is InChI=1S/C30H40FN3O4/c1-36-28(35)18-24(23-5-2-7-26(17-23)38-20-27-8-4-16-37-27)19-34-15-13-30(31,21-34)12-11-25-10-9-22-6-3-14-32-29(22)33-25/h2,5,7,9-10,17,24,27H,3-4,6,8,11-16,18-21H2,1H3,(H,32,33)/t24-,27+,30+/m1/s1. The van der Waals surface area contributed by atoms with Crippen molar-refractivity contribution in [2.24, 2.45) is 0 Å². The number of nitrogens with one attached hydrogen (secondary N) is 1. The Labute approximate surface area is 225 Å². The number of aromatic nitrogens is 1. The Kier molecular flexibility index (Phi) is 8.79. The van der Waals surface area contributed by atoms with E-state index in [1.54, 1.807) is 0 Å². The molecular formula is C30H40FN3O4. The Bertz CT molecular complexity index is 1090. The number of likely N-dealkylation sites (tertiary alicyclic amines) is 1. The van der Waals surface area contributed by atoms with Gasteiger partial charge in [0.25, 0.3) is 0 Å². The largest absolute Gasteiger partial charge is 0.491 e. The van der Waals surface area contributed by atoms with Crippen molar-refractivity contribution >= 4 is 11.8 Å². The van der Waals surface area contributed by atoms with Crippen LogP contribution >= 0.6 is 0 Å². The van der Waals surface area contributed by atoms with E-state index in [0.717, 1.165) is 61.7 Å². The molecule has 3 aliphatic rings. The van der Waals surface area contributed by atoms with Crippen molar-refractivity contribution in [3.8, 4) is 5.75 Å². The summed E-state index contributed by atoms with van der Waals surface area (Å²) < 4.78 is 32.5. The molecule has 206 valence electrons. The molecule has 0 saturated carbocycles. The number of pyridine rings is 1. The molecular weight excluding hydrogens is 485 g/mol. The zero-order valence-corrected chi connectivity index (χ0v) is 22.4. The zero-order valence-electron chi connectivity index (χ0n) is 22.4. The van der Waals surface area contributed by atoms with Gasteiger partial charge in [0.15, 0.2) is 0 Å². The third kappa shape index (κ3) is 7.03. The van der Waals surface area contributed by atoms with Gasteiger partial charge in [0.05, 0.1) is 19.6 Å². The van der Waals surface area contributed by atoms with Crippen molar-refractivity contribution < 1.29 is 23.4 Å². The Balaban J connectivity index is 1.19. The number of methoxy groups -OCH3 is 1. The van der Waals surface area contributed by atoms with Crippen LogP contribution in [-0.2, 0) is 27.1 Å². The molecule has 1 aromatic carbocycles. The number of anilines is 1. The van der Waals surface area contributed by atoms with Crippen LogP contribution < -0.4 is 10.1 Å². The minimum Gasteiger partial charge on any atom is -0.491 e. The highest BCUT2D eigenvalue weighted by Crippen LogP contribution is 2.34. The van der Waals surface area contributed by atoms with E-state index in [-0.39, 0.29) is 24.4 Å². The minimum absolute atomic E-state index is 0.107. The lowest BCUT2D eigenvalue weighted by molar-refractivity contribution is -0.141. The predicted octanol–water partition coefficient (Wildman–Crippen LogP) is 4.69. The highest BCUT2D eigenvalue weighted by Gasteiger charge is 2.39. The van der Waals surface area contributed by atoms with Crippen LogP contribution in [-0.4, -0.2) is 74.1 Å². The van der Waals surface area contributed by atoms with Crippen molar-refractivity contribution in [2.45, 2.75) is 69.1 Å². The molecule has 1 N–H and O–H groups in total. The predicted molar refractivity (Wildman–Crippen MR) is 145 cm³/mol. The highest BCUT2D eigenvalue weighted by atomic mass is 19.1. The molecule has 4 heterocycles. The van der Waals surface area contributed by atoms with Crippen LogP contribution in [0, 0.1) is 0 Å². The van der Waals surface area contributed by atoms with Gasteiger partial charge in [-0.25, -0.2) is 9.37 Å². The summed E-state index contributed by atoms with van der Waals surface area (Å²) in [5.41, 5.74) is 1.94. The van der Waals surface area contributed by atoms with Gasteiger partial charge in [0, 0.05) is 44.4 Å². The average molecular weight is 526 g/mol. The van der Waals surface area contributed by atoms with E-state index < -0.39 is 5.67 Å². The van der Waals surface area contributed by atoms with Crippen LogP contribution in [0.2, 0.25) is 0 Å². The fourth-order valence-electron chi connectivity index (χ4n) is 5.84. The van der Waals surface area contributed by atoms with Crippen LogP contribution in [0.5, 0.6) is 5.75 Å². The maximum absolute atomic E-state index is 15.9. The van der Waals surface area contributed by atoms with Crippen molar-refractivity contribution in [3.05, 3.63) is 53.2 Å². The summed E-state index contributed by atoms with van der Waals surface area (Å²) in [6, 6.07) is 12.1. The van der Waals surface area contributed by atoms with E-state index >= 15 is 4.39 Å². The van der Waals surface area contributed by atoms with Gasteiger partial charge in [-0.2, -0.15) is 0 Å². The molecule has 7 nitrogen and oxygen atoms in total. The molecule has 3 aliphatic heterocycles. The van der Waals surface area contributed by atoms with Gasteiger partial charge in [-0.1, -0.05) is 18.2 Å². The minimum atomic E-state index is -1.26. The van der Waals surface area contributed by atoms with Crippen molar-refractivity contribution in [3.63, 3.8) is 0 Å². The van der Waals surface area contributed by atoms with Gasteiger partial charge in [-0.3, -0.25) is 9.69 Å². The molecule has 38 heavy (non-hydrogen) atoms. The number of alkyl halides is 1. The first-order chi connectivity index (χ1) is 18.5. The second-order valence-electron chi connectivity index (χ2n) is 11.0. The first kappa shape index (κ1) is 26.9. The molecule has 0 amide bonds. The van der Waals surface area contributed by atoms with E-state index in [2.05, 4.69) is 16.3 Å². The topological polar surface area (TPSA) is 72.9 Å². The maximum atomic E-state index is 15.9. The van der Waals surface area contributed by atoms with Crippen LogP contribution in [0.15, 0.2) is 36.4 Å². The number of carbonyl (C=O) groups is 1. The fraction of sp³-hybridized carbons (Fsp3) is 0.600. The number of rotatable bonds is 11. The number of hydrogen-bond acceptors (Lipinski definition) is 7. The lowest BCUT2D eigenvalue weighted by Crippen LogP contribution is -2.33. The van der Waals surface area contributed by atoms with E-state index in [4.69, 9.17) is 19.2 Å². The second kappa shape index (κ2) is 12.4. The van der Waals surface area contributed by atoms with Crippen molar-refractivity contribution in [1.82, 2.24) is 9.88 Å². The number of benzene rings is 1. The van der Waals surface area contributed by atoms with Crippen LogP contribution in [0.4, 0.5) is 10.2 Å². The van der Waals surface area contributed by atoms with E-state index in [0.29, 0.717) is 45.5 Å². The molecule has 0 spiro atoms. The summed E-state index contributed by atoms with van der Waals surface area (Å²) in [7, 11) is 1.41. The molecule has 2 fully saturated rings. The second-order valence-corrected chi connectivity index (χ2v) is 11.0. The molecule has 8 heteroatoms. The lowest BCUT2D eigenvalue weighted by Gasteiger charge is -2.25. The Hall–Kier alpha value is -2.71. The van der Waals surface area contributed by atoms with E-state index in [1.165, 1.54) is 12.7 Å². The Morgan fingerprint density at radius 2 is 2.24 bits per heavy atom. The first-order valence-electron chi connectivity index (χ1n) is 14.0. The molecule has 0 radical (unpaired) electrons. The molecule has 0 unspecified atom stereocenters. The van der Waals surface area contributed by atoms with Crippen LogP contribution in [0.3, 0.4) is 0 Å². The van der Waals surface area contributed by atoms with Gasteiger partial charge in [-0.15, -0.1) is 0 Å². The molecule has 1 aromatic heterocycles. The lowest BCUT2D eigenvalue weighted by atomic mass is 9.94. The van der Waals surface area contributed by atoms with E-state index in [9.17, 15) is 4.79 Å². The normalized spacial score (nSPS) is 24.0. The van der Waals surface area contributed by atoms with Gasteiger partial charge < -0.3 is 19.5 Å². The third-order valence-electron chi connectivity index (χ3n) is 8.07. The SMILES string of the molecule is COC(=O)C[C@H](CN1CC[C@@](F)(CCc2ccc3c(n2)NCCC3)C1)c1cccc(OC[C@@H]2CCCO2)c1. The summed E-state index contributed by atoms with van der Waals surface area (Å²) in [4.78, 5) is 19.2. The summed E-state index contributed by atoms with van der Waals surface area (Å²) in [6.07, 6.45) is 6.21. The zero-order chi connectivity index (χ0) is 26.4. The number of ether oxygens (including phenoxy) is 3. The average Bonchev–Trinajstić information content (AvgIpc) is 3.60. The maximum Gasteiger partial charge on any atom is 0.306 e. The molecule has 5 rings (SSSR count). The summed E-state index contributed by atoms with van der Waals surface area (Å²) in [5.74, 6) is 1.35. The number of hydrogen-bond donors (Lipinski definition) is 1. The Morgan fingerprint density at radius 3 is 3.08 bits per heavy atom. The Morgan fingerprint density at radius 1 is 1.32 bits per heavy atom. The third-order valence-corrected chi connectivity index (χ3v) is 8.07. The molecule has 0 bridgehead atoms. The quantitative estimate of drug-likeness (QED) is 0.427.